The van der Waals surface area contributed by atoms with E-state index in [9.17, 15) is 20.0 Å². The van der Waals surface area contributed by atoms with E-state index < -0.39 is 17.7 Å². The van der Waals surface area contributed by atoms with E-state index in [2.05, 4.69) is 6.07 Å². The van der Waals surface area contributed by atoms with Crippen molar-refractivity contribution < 1.29 is 24.2 Å². The molecule has 0 radical (unpaired) electrons. The summed E-state index contributed by atoms with van der Waals surface area (Å²) in [6.07, 6.45) is -0.0884. The molecule has 1 unspecified atom stereocenters. The second-order valence-corrected chi connectivity index (χ2v) is 10.7. The third-order valence-electron chi connectivity index (χ3n) is 6.59. The lowest BCUT2D eigenvalue weighted by Gasteiger charge is -2.26. The summed E-state index contributed by atoms with van der Waals surface area (Å²) < 4.78 is 11.4. The van der Waals surface area contributed by atoms with Crippen LogP contribution in [0.1, 0.15) is 62.9 Å². The van der Waals surface area contributed by atoms with Crippen molar-refractivity contribution in [3.05, 3.63) is 94.6 Å². The van der Waals surface area contributed by atoms with E-state index in [1.54, 1.807) is 60.7 Å². The van der Waals surface area contributed by atoms with E-state index in [0.717, 1.165) is 5.56 Å². The van der Waals surface area contributed by atoms with Gasteiger partial charge in [0, 0.05) is 5.69 Å². The van der Waals surface area contributed by atoms with Crippen LogP contribution in [0.3, 0.4) is 0 Å². The molecule has 7 heteroatoms. The van der Waals surface area contributed by atoms with Crippen molar-refractivity contribution in [2.75, 3.05) is 12.0 Å². The van der Waals surface area contributed by atoms with Gasteiger partial charge in [0.05, 0.1) is 42.0 Å². The standard InChI is InChI=1S/C32H32N2O5/c1-19(2)39-24-9-7-8-21(16-24)28-27(29(35)25-17-22(32(3,4)5)12-15-26(25)38-6)30(36)31(37)34(28)23-13-10-20(18-33)11-14-23/h7-17,19,28,35H,1-6H3/b29-27+. The number of benzene rings is 3. The van der Waals surface area contributed by atoms with Gasteiger partial charge in [-0.25, -0.2) is 0 Å². The summed E-state index contributed by atoms with van der Waals surface area (Å²) >= 11 is 0. The van der Waals surface area contributed by atoms with Gasteiger partial charge in [0.2, 0.25) is 0 Å². The summed E-state index contributed by atoms with van der Waals surface area (Å²) in [6.45, 7) is 9.95. The fourth-order valence-electron chi connectivity index (χ4n) is 4.65. The molecule has 1 heterocycles. The van der Waals surface area contributed by atoms with Gasteiger partial charge in [0.1, 0.15) is 17.3 Å². The average Bonchev–Trinajstić information content (AvgIpc) is 3.17. The summed E-state index contributed by atoms with van der Waals surface area (Å²) in [5, 5.41) is 21.0. The average molecular weight is 525 g/mol. The number of ketones is 1. The molecular weight excluding hydrogens is 492 g/mol. The summed E-state index contributed by atoms with van der Waals surface area (Å²) in [6, 6.07) is 20.1. The number of ether oxygens (including phenoxy) is 2. The van der Waals surface area contributed by atoms with Crippen LogP contribution in [0.15, 0.2) is 72.3 Å². The van der Waals surface area contributed by atoms with Crippen molar-refractivity contribution in [1.29, 1.82) is 5.26 Å². The van der Waals surface area contributed by atoms with Gasteiger partial charge in [-0.2, -0.15) is 5.26 Å². The molecule has 1 aliphatic rings. The predicted octanol–water partition coefficient (Wildman–Crippen LogP) is 6.28. The van der Waals surface area contributed by atoms with Gasteiger partial charge in [-0.1, -0.05) is 39.0 Å². The van der Waals surface area contributed by atoms with Gasteiger partial charge in [-0.15, -0.1) is 0 Å². The quantitative estimate of drug-likeness (QED) is 0.231. The van der Waals surface area contributed by atoms with Gasteiger partial charge in [-0.3, -0.25) is 14.5 Å². The van der Waals surface area contributed by atoms with Crippen molar-refractivity contribution in [2.45, 2.75) is 52.2 Å². The lowest BCUT2D eigenvalue weighted by molar-refractivity contribution is -0.132. The highest BCUT2D eigenvalue weighted by Crippen LogP contribution is 2.44. The van der Waals surface area contributed by atoms with Crippen LogP contribution in [0.5, 0.6) is 11.5 Å². The van der Waals surface area contributed by atoms with Crippen LogP contribution in [-0.4, -0.2) is 30.0 Å². The monoisotopic (exact) mass is 524 g/mol. The molecule has 1 fully saturated rings. The normalized spacial score (nSPS) is 16.9. The molecule has 1 N–H and O–H groups in total. The Morgan fingerprint density at radius 3 is 2.31 bits per heavy atom. The first-order chi connectivity index (χ1) is 18.5. The molecule has 0 bridgehead atoms. The van der Waals surface area contributed by atoms with Crippen molar-refractivity contribution in [1.82, 2.24) is 0 Å². The number of aliphatic hydroxyl groups is 1. The molecular formula is C32H32N2O5. The van der Waals surface area contributed by atoms with Gasteiger partial charge < -0.3 is 14.6 Å². The number of nitrogens with zero attached hydrogens (tertiary/aromatic N) is 2. The molecule has 0 saturated carbocycles. The number of rotatable bonds is 6. The number of carbonyl (C=O) groups excluding carboxylic acids is 2. The van der Waals surface area contributed by atoms with Crippen LogP contribution in [0.4, 0.5) is 5.69 Å². The van der Waals surface area contributed by atoms with Gasteiger partial charge in [0.25, 0.3) is 11.7 Å². The number of hydrogen-bond acceptors (Lipinski definition) is 6. The Labute approximate surface area is 228 Å². The van der Waals surface area contributed by atoms with E-state index in [1.807, 2.05) is 40.7 Å². The maximum Gasteiger partial charge on any atom is 0.300 e. The number of Topliss-reactive ketones (excluding diaryl/α,β-unsaturated/α-hetero) is 1. The molecule has 0 aromatic heterocycles. The molecule has 1 aliphatic heterocycles. The maximum atomic E-state index is 13.6. The van der Waals surface area contributed by atoms with E-state index in [-0.39, 0.29) is 22.9 Å². The first-order valence-corrected chi connectivity index (χ1v) is 12.7. The fraction of sp³-hybridized carbons (Fsp3) is 0.281. The molecule has 3 aromatic carbocycles. The van der Waals surface area contributed by atoms with Crippen molar-refractivity contribution in [3.63, 3.8) is 0 Å². The Kier molecular flexibility index (Phi) is 7.51. The maximum absolute atomic E-state index is 13.6. The van der Waals surface area contributed by atoms with Crippen molar-refractivity contribution in [2.24, 2.45) is 0 Å². The number of carbonyl (C=O) groups is 2. The zero-order valence-corrected chi connectivity index (χ0v) is 23.0. The van der Waals surface area contributed by atoms with E-state index >= 15 is 0 Å². The smallest absolute Gasteiger partial charge is 0.300 e. The molecule has 1 atom stereocenters. The van der Waals surface area contributed by atoms with E-state index in [0.29, 0.717) is 33.9 Å². The number of aliphatic hydroxyl groups excluding tert-OH is 1. The number of anilines is 1. The van der Waals surface area contributed by atoms with Crippen LogP contribution in [0.2, 0.25) is 0 Å². The van der Waals surface area contributed by atoms with Crippen molar-refractivity contribution in [3.8, 4) is 17.6 Å². The molecule has 200 valence electrons. The minimum atomic E-state index is -0.948. The second kappa shape index (κ2) is 10.7. The Balaban J connectivity index is 1.99. The predicted molar refractivity (Wildman–Crippen MR) is 150 cm³/mol. The van der Waals surface area contributed by atoms with Crippen LogP contribution < -0.4 is 14.4 Å². The Hall–Kier alpha value is -4.57. The fourth-order valence-corrected chi connectivity index (χ4v) is 4.65. The number of methoxy groups -OCH3 is 1. The van der Waals surface area contributed by atoms with Crippen LogP contribution in [0.25, 0.3) is 5.76 Å². The zero-order valence-electron chi connectivity index (χ0n) is 23.0. The first kappa shape index (κ1) is 27.5. The molecule has 1 saturated heterocycles. The lowest BCUT2D eigenvalue weighted by Crippen LogP contribution is -2.29. The minimum Gasteiger partial charge on any atom is -0.507 e. The van der Waals surface area contributed by atoms with Crippen LogP contribution >= 0.6 is 0 Å². The number of amides is 1. The lowest BCUT2D eigenvalue weighted by atomic mass is 9.85. The topological polar surface area (TPSA) is 99.9 Å². The molecule has 3 aromatic rings. The molecule has 4 rings (SSSR count). The summed E-state index contributed by atoms with van der Waals surface area (Å²) in [5.41, 5.74) is 2.38. The van der Waals surface area contributed by atoms with E-state index in [4.69, 9.17) is 9.47 Å². The Bertz CT molecular complexity index is 1490. The van der Waals surface area contributed by atoms with Crippen LogP contribution in [-0.2, 0) is 15.0 Å². The number of hydrogen-bond donors (Lipinski definition) is 1. The van der Waals surface area contributed by atoms with E-state index in [1.165, 1.54) is 12.0 Å². The Morgan fingerprint density at radius 2 is 1.72 bits per heavy atom. The molecule has 1 amide bonds. The summed E-state index contributed by atoms with van der Waals surface area (Å²) in [5.74, 6) is -0.985. The minimum absolute atomic E-state index is 0.0598. The Morgan fingerprint density at radius 1 is 1.03 bits per heavy atom. The van der Waals surface area contributed by atoms with Gasteiger partial charge in [-0.05, 0) is 78.9 Å². The summed E-state index contributed by atoms with van der Waals surface area (Å²) in [4.78, 5) is 28.5. The largest absolute Gasteiger partial charge is 0.507 e. The highest BCUT2D eigenvalue weighted by molar-refractivity contribution is 6.51. The molecule has 7 nitrogen and oxygen atoms in total. The zero-order chi connectivity index (χ0) is 28.5. The SMILES string of the molecule is COc1ccc(C(C)(C)C)cc1/C(O)=C1\C(=O)C(=O)N(c2ccc(C#N)cc2)C1c1cccc(OC(C)C)c1. The van der Waals surface area contributed by atoms with Crippen LogP contribution in [0, 0.1) is 11.3 Å². The molecule has 0 aliphatic carbocycles. The highest BCUT2D eigenvalue weighted by atomic mass is 16.5. The first-order valence-electron chi connectivity index (χ1n) is 12.7. The third-order valence-corrected chi connectivity index (χ3v) is 6.59. The third kappa shape index (κ3) is 5.37. The highest BCUT2D eigenvalue weighted by Gasteiger charge is 2.47. The summed E-state index contributed by atoms with van der Waals surface area (Å²) in [7, 11) is 1.49. The molecule has 39 heavy (non-hydrogen) atoms. The molecule has 0 spiro atoms. The van der Waals surface area contributed by atoms with Crippen molar-refractivity contribution >= 4 is 23.1 Å². The number of nitriles is 1. The van der Waals surface area contributed by atoms with Gasteiger partial charge >= 0.3 is 0 Å². The second-order valence-electron chi connectivity index (χ2n) is 10.7. The van der Waals surface area contributed by atoms with Gasteiger partial charge in [0.15, 0.2) is 0 Å².